The third-order valence-electron chi connectivity index (χ3n) is 3.76. The van der Waals surface area contributed by atoms with E-state index in [9.17, 15) is 9.59 Å². The van der Waals surface area contributed by atoms with Gasteiger partial charge in [0.15, 0.2) is 0 Å². The number of hydrogen-bond acceptors (Lipinski definition) is 4. The molecule has 6 heteroatoms. The van der Waals surface area contributed by atoms with Crippen LogP contribution in [0.2, 0.25) is 0 Å². The number of likely N-dealkylation sites (tertiary alicyclic amines) is 1. The summed E-state index contributed by atoms with van der Waals surface area (Å²) in [6.07, 6.45) is 1.56. The molecule has 6 nitrogen and oxygen atoms in total. The lowest BCUT2D eigenvalue weighted by Crippen LogP contribution is -2.44. The molecule has 2 rings (SSSR count). The van der Waals surface area contributed by atoms with Crippen molar-refractivity contribution in [3.63, 3.8) is 0 Å². The van der Waals surface area contributed by atoms with Gasteiger partial charge in [-0.25, -0.2) is 4.79 Å². The van der Waals surface area contributed by atoms with Gasteiger partial charge in [-0.15, -0.1) is 0 Å². The Labute approximate surface area is 136 Å². The van der Waals surface area contributed by atoms with E-state index in [2.05, 4.69) is 5.32 Å². The Bertz CT molecular complexity index is 547. The van der Waals surface area contributed by atoms with Crippen LogP contribution >= 0.6 is 0 Å². The highest BCUT2D eigenvalue weighted by atomic mass is 16.5. The number of nitrogens with one attached hydrogen (secondary N) is 1. The maximum absolute atomic E-state index is 12.5. The van der Waals surface area contributed by atoms with Crippen molar-refractivity contribution in [2.24, 2.45) is 5.92 Å². The van der Waals surface area contributed by atoms with Crippen LogP contribution in [0.15, 0.2) is 24.3 Å². The standard InChI is InChI=1S/C17H24N2O4/c1-3-22-15-10-6-5-9-14(15)18-17(21)19-11-7-8-13(12-19)16(20)23-4-2/h5-6,9-10,13H,3-4,7-8,11-12H2,1-2H3,(H,18,21)/t13-/m1/s1. The number of carbonyl (C=O) groups is 2. The molecule has 2 amide bonds. The third kappa shape index (κ3) is 4.61. The van der Waals surface area contributed by atoms with Crippen molar-refractivity contribution in [1.29, 1.82) is 0 Å². The Kier molecular flexibility index (Phi) is 6.26. The largest absolute Gasteiger partial charge is 0.492 e. The van der Waals surface area contributed by atoms with Crippen LogP contribution in [-0.2, 0) is 9.53 Å². The average Bonchev–Trinajstić information content (AvgIpc) is 2.57. The van der Waals surface area contributed by atoms with E-state index in [1.54, 1.807) is 17.9 Å². The van der Waals surface area contributed by atoms with E-state index < -0.39 is 0 Å². The fourth-order valence-electron chi connectivity index (χ4n) is 2.66. The van der Waals surface area contributed by atoms with Crippen LogP contribution in [0.3, 0.4) is 0 Å². The van der Waals surface area contributed by atoms with E-state index in [1.807, 2.05) is 25.1 Å². The first-order valence-corrected chi connectivity index (χ1v) is 8.10. The topological polar surface area (TPSA) is 67.9 Å². The normalized spacial score (nSPS) is 17.5. The lowest BCUT2D eigenvalue weighted by atomic mass is 9.98. The summed E-state index contributed by atoms with van der Waals surface area (Å²) in [6.45, 7) is 5.61. The van der Waals surface area contributed by atoms with Crippen LogP contribution in [0.1, 0.15) is 26.7 Å². The summed E-state index contributed by atoms with van der Waals surface area (Å²) in [5.41, 5.74) is 0.637. The minimum atomic E-state index is -0.239. The maximum Gasteiger partial charge on any atom is 0.321 e. The molecular formula is C17H24N2O4. The number of esters is 1. The number of urea groups is 1. The molecule has 1 fully saturated rings. The molecule has 0 unspecified atom stereocenters. The summed E-state index contributed by atoms with van der Waals surface area (Å²) < 4.78 is 10.6. The van der Waals surface area contributed by atoms with E-state index >= 15 is 0 Å². The van der Waals surface area contributed by atoms with E-state index in [0.29, 0.717) is 37.7 Å². The number of nitrogens with zero attached hydrogens (tertiary/aromatic N) is 1. The predicted octanol–water partition coefficient (Wildman–Crippen LogP) is 2.89. The SMILES string of the molecule is CCOC(=O)[C@@H]1CCCN(C(=O)Nc2ccccc2OCC)C1. The van der Waals surface area contributed by atoms with Gasteiger partial charge < -0.3 is 19.7 Å². The van der Waals surface area contributed by atoms with Gasteiger partial charge in [0.25, 0.3) is 0 Å². The van der Waals surface area contributed by atoms with Gasteiger partial charge in [-0.05, 0) is 38.8 Å². The molecule has 1 aromatic rings. The number of carbonyl (C=O) groups excluding carboxylic acids is 2. The first kappa shape index (κ1) is 17.1. The van der Waals surface area contributed by atoms with Gasteiger partial charge in [-0.2, -0.15) is 0 Å². The van der Waals surface area contributed by atoms with Crippen molar-refractivity contribution >= 4 is 17.7 Å². The molecule has 1 aromatic carbocycles. The molecule has 23 heavy (non-hydrogen) atoms. The molecule has 1 aliphatic heterocycles. The van der Waals surface area contributed by atoms with Crippen molar-refractivity contribution in [3.8, 4) is 5.75 Å². The predicted molar refractivity (Wildman–Crippen MR) is 87.6 cm³/mol. The quantitative estimate of drug-likeness (QED) is 0.847. The first-order valence-electron chi connectivity index (χ1n) is 8.10. The number of piperidine rings is 1. The number of hydrogen-bond donors (Lipinski definition) is 1. The summed E-state index contributed by atoms with van der Waals surface area (Å²) in [7, 11) is 0. The van der Waals surface area contributed by atoms with Crippen molar-refractivity contribution in [2.45, 2.75) is 26.7 Å². The summed E-state index contributed by atoms with van der Waals surface area (Å²) in [5, 5.41) is 2.87. The van der Waals surface area contributed by atoms with E-state index in [-0.39, 0.29) is 17.9 Å². The first-order chi connectivity index (χ1) is 11.2. The fraction of sp³-hybridized carbons (Fsp3) is 0.529. The lowest BCUT2D eigenvalue weighted by Gasteiger charge is -2.31. The molecule has 1 saturated heterocycles. The molecule has 1 N–H and O–H groups in total. The second-order valence-electron chi connectivity index (χ2n) is 5.40. The fourth-order valence-corrected chi connectivity index (χ4v) is 2.66. The highest BCUT2D eigenvalue weighted by molar-refractivity contribution is 5.91. The van der Waals surface area contributed by atoms with Gasteiger partial charge in [0, 0.05) is 13.1 Å². The average molecular weight is 320 g/mol. The van der Waals surface area contributed by atoms with Crippen LogP contribution in [0.4, 0.5) is 10.5 Å². The van der Waals surface area contributed by atoms with Crippen molar-refractivity contribution in [2.75, 3.05) is 31.6 Å². The number of ether oxygens (including phenoxy) is 2. The molecular weight excluding hydrogens is 296 g/mol. The number of para-hydroxylation sites is 2. The van der Waals surface area contributed by atoms with Crippen LogP contribution in [-0.4, -0.2) is 43.2 Å². The molecule has 1 heterocycles. The molecule has 0 radical (unpaired) electrons. The Balaban J connectivity index is 1.99. The summed E-state index contributed by atoms with van der Waals surface area (Å²) in [6, 6.07) is 7.10. The molecule has 126 valence electrons. The highest BCUT2D eigenvalue weighted by Gasteiger charge is 2.29. The van der Waals surface area contributed by atoms with E-state index in [1.165, 1.54) is 0 Å². The summed E-state index contributed by atoms with van der Waals surface area (Å²) in [4.78, 5) is 26.0. The zero-order valence-electron chi connectivity index (χ0n) is 13.7. The van der Waals surface area contributed by atoms with Gasteiger partial charge in [-0.3, -0.25) is 4.79 Å². The minimum absolute atomic E-state index is 0.217. The van der Waals surface area contributed by atoms with Crippen LogP contribution in [0.25, 0.3) is 0 Å². The van der Waals surface area contributed by atoms with Gasteiger partial charge in [0.05, 0.1) is 24.8 Å². The molecule has 1 atom stereocenters. The Morgan fingerprint density at radius 1 is 1.26 bits per heavy atom. The summed E-state index contributed by atoms with van der Waals surface area (Å²) in [5.74, 6) is 0.179. The highest BCUT2D eigenvalue weighted by Crippen LogP contribution is 2.25. The zero-order valence-corrected chi connectivity index (χ0v) is 13.7. The third-order valence-corrected chi connectivity index (χ3v) is 3.76. The molecule has 0 aromatic heterocycles. The molecule has 1 aliphatic rings. The second-order valence-corrected chi connectivity index (χ2v) is 5.40. The van der Waals surface area contributed by atoms with Crippen molar-refractivity contribution in [3.05, 3.63) is 24.3 Å². The second kappa shape index (κ2) is 8.41. The zero-order chi connectivity index (χ0) is 16.7. The summed E-state index contributed by atoms with van der Waals surface area (Å²) >= 11 is 0. The molecule has 0 aliphatic carbocycles. The number of amides is 2. The number of rotatable bonds is 5. The maximum atomic E-state index is 12.5. The van der Waals surface area contributed by atoms with Crippen molar-refractivity contribution in [1.82, 2.24) is 4.90 Å². The molecule has 0 bridgehead atoms. The minimum Gasteiger partial charge on any atom is -0.492 e. The number of benzene rings is 1. The Morgan fingerprint density at radius 2 is 2.04 bits per heavy atom. The van der Waals surface area contributed by atoms with Crippen LogP contribution in [0, 0.1) is 5.92 Å². The Hall–Kier alpha value is -2.24. The molecule has 0 saturated carbocycles. The van der Waals surface area contributed by atoms with E-state index in [0.717, 1.165) is 12.8 Å². The van der Waals surface area contributed by atoms with Gasteiger partial charge >= 0.3 is 12.0 Å². The van der Waals surface area contributed by atoms with Crippen LogP contribution in [0.5, 0.6) is 5.75 Å². The lowest BCUT2D eigenvalue weighted by molar-refractivity contribution is -0.149. The van der Waals surface area contributed by atoms with Gasteiger partial charge in [0.1, 0.15) is 5.75 Å². The van der Waals surface area contributed by atoms with Gasteiger partial charge in [-0.1, -0.05) is 12.1 Å². The van der Waals surface area contributed by atoms with Crippen molar-refractivity contribution < 1.29 is 19.1 Å². The van der Waals surface area contributed by atoms with Crippen LogP contribution < -0.4 is 10.1 Å². The smallest absolute Gasteiger partial charge is 0.321 e. The Morgan fingerprint density at radius 3 is 2.78 bits per heavy atom. The monoisotopic (exact) mass is 320 g/mol. The van der Waals surface area contributed by atoms with E-state index in [4.69, 9.17) is 9.47 Å². The number of anilines is 1. The van der Waals surface area contributed by atoms with Gasteiger partial charge in [0.2, 0.25) is 0 Å². The molecule has 0 spiro atoms.